The summed E-state index contributed by atoms with van der Waals surface area (Å²) < 4.78 is 0. The van der Waals surface area contributed by atoms with Gasteiger partial charge in [-0.3, -0.25) is 4.90 Å². The molecule has 4 nitrogen and oxygen atoms in total. The lowest BCUT2D eigenvalue weighted by Crippen LogP contribution is -2.27. The van der Waals surface area contributed by atoms with Gasteiger partial charge in [0.2, 0.25) is 0 Å². The molecule has 0 saturated carbocycles. The molecule has 0 saturated heterocycles. The quantitative estimate of drug-likeness (QED) is 0.779. The lowest BCUT2D eigenvalue weighted by Gasteiger charge is -2.21. The maximum atomic E-state index is 10.5. The number of carbonyl (C=O) groups is 1. The van der Waals surface area contributed by atoms with Gasteiger partial charge in [-0.25, -0.2) is 4.79 Å². The number of nitriles is 1. The van der Waals surface area contributed by atoms with Crippen molar-refractivity contribution in [3.8, 4) is 6.07 Å². The highest BCUT2D eigenvalue weighted by molar-refractivity contribution is 7.10. The molecule has 1 heterocycles. The summed E-state index contributed by atoms with van der Waals surface area (Å²) in [6, 6.07) is 4.15. The summed E-state index contributed by atoms with van der Waals surface area (Å²) in [5.74, 6) is -0.944. The van der Waals surface area contributed by atoms with E-state index in [1.807, 2.05) is 18.4 Å². The van der Waals surface area contributed by atoms with Gasteiger partial charge in [-0.1, -0.05) is 6.92 Å². The third kappa shape index (κ3) is 5.25. The van der Waals surface area contributed by atoms with E-state index in [-0.39, 0.29) is 5.92 Å². The maximum Gasteiger partial charge on any atom is 0.328 e. The van der Waals surface area contributed by atoms with Crippen molar-refractivity contribution in [1.82, 2.24) is 4.90 Å². The second kappa shape index (κ2) is 7.72. The Balaban J connectivity index is 2.73. The zero-order valence-corrected chi connectivity index (χ0v) is 12.0. The van der Waals surface area contributed by atoms with Crippen LogP contribution >= 0.6 is 11.3 Å². The molecule has 1 aromatic rings. The predicted molar refractivity (Wildman–Crippen MR) is 76.7 cm³/mol. The number of hydrogen-bond acceptors (Lipinski definition) is 4. The number of rotatable bonds is 7. The summed E-state index contributed by atoms with van der Waals surface area (Å²) in [5.41, 5.74) is 0.940. The van der Waals surface area contributed by atoms with Crippen molar-refractivity contribution in [1.29, 1.82) is 5.26 Å². The summed E-state index contributed by atoms with van der Waals surface area (Å²) in [6.45, 7) is 6.31. The molecule has 0 bridgehead atoms. The molecule has 0 aliphatic carbocycles. The first-order valence-corrected chi connectivity index (χ1v) is 7.04. The molecule has 0 spiro atoms. The monoisotopic (exact) mass is 278 g/mol. The van der Waals surface area contributed by atoms with Gasteiger partial charge in [0.1, 0.15) is 0 Å². The molecular weight excluding hydrogens is 260 g/mol. The minimum Gasteiger partial charge on any atom is -0.478 e. The van der Waals surface area contributed by atoms with E-state index >= 15 is 0 Å². The molecule has 5 heteroatoms. The van der Waals surface area contributed by atoms with Crippen LogP contribution in [-0.2, 0) is 11.3 Å². The van der Waals surface area contributed by atoms with Crippen LogP contribution in [0.25, 0.3) is 6.08 Å². The van der Waals surface area contributed by atoms with E-state index in [9.17, 15) is 4.79 Å². The van der Waals surface area contributed by atoms with Gasteiger partial charge in [0.25, 0.3) is 0 Å². The third-order valence-corrected chi connectivity index (χ3v) is 3.67. The fourth-order valence-corrected chi connectivity index (χ4v) is 2.63. The van der Waals surface area contributed by atoms with E-state index in [1.165, 1.54) is 0 Å². The Morgan fingerprint density at radius 3 is 3.00 bits per heavy atom. The summed E-state index contributed by atoms with van der Waals surface area (Å²) in [6.07, 6.45) is 2.77. The Labute approximate surface area is 117 Å². The van der Waals surface area contributed by atoms with E-state index in [0.717, 1.165) is 36.2 Å². The second-order valence-corrected chi connectivity index (χ2v) is 5.33. The first-order chi connectivity index (χ1) is 9.06. The molecule has 0 amide bonds. The van der Waals surface area contributed by atoms with Crippen LogP contribution in [0.3, 0.4) is 0 Å². The third-order valence-electron chi connectivity index (χ3n) is 2.75. The van der Waals surface area contributed by atoms with E-state index < -0.39 is 5.97 Å². The number of hydrogen-bond donors (Lipinski definition) is 1. The first-order valence-electron chi connectivity index (χ1n) is 6.16. The summed E-state index contributed by atoms with van der Waals surface area (Å²) in [4.78, 5) is 13.9. The Morgan fingerprint density at radius 1 is 1.68 bits per heavy atom. The van der Waals surface area contributed by atoms with Gasteiger partial charge >= 0.3 is 5.97 Å². The predicted octanol–water partition coefficient (Wildman–Crippen LogP) is 2.83. The standard InChI is InChI=1S/C14H18N2O2S/c1-3-16(9-11(2)8-15)10-13-12(6-7-19-13)4-5-14(17)18/h4-7,11H,3,9-10H2,1-2H3,(H,17,18). The van der Waals surface area contributed by atoms with Gasteiger partial charge < -0.3 is 5.11 Å². The van der Waals surface area contributed by atoms with Crippen molar-refractivity contribution >= 4 is 23.4 Å². The van der Waals surface area contributed by atoms with Gasteiger partial charge in [-0.2, -0.15) is 5.26 Å². The van der Waals surface area contributed by atoms with E-state index in [0.29, 0.717) is 0 Å². The van der Waals surface area contributed by atoms with Crippen molar-refractivity contribution in [2.45, 2.75) is 20.4 Å². The fraction of sp³-hybridized carbons (Fsp3) is 0.429. The molecule has 19 heavy (non-hydrogen) atoms. The molecule has 1 rings (SSSR count). The zero-order chi connectivity index (χ0) is 14.3. The molecule has 0 aliphatic rings. The highest BCUT2D eigenvalue weighted by Crippen LogP contribution is 2.20. The molecule has 102 valence electrons. The van der Waals surface area contributed by atoms with Crippen molar-refractivity contribution in [3.63, 3.8) is 0 Å². The van der Waals surface area contributed by atoms with Crippen molar-refractivity contribution in [3.05, 3.63) is 28.0 Å². The summed E-state index contributed by atoms with van der Waals surface area (Å²) in [5, 5.41) is 19.5. The molecule has 0 aliphatic heterocycles. The van der Waals surface area contributed by atoms with E-state index in [2.05, 4.69) is 17.9 Å². The average Bonchev–Trinajstić information content (AvgIpc) is 2.82. The summed E-state index contributed by atoms with van der Waals surface area (Å²) in [7, 11) is 0. The van der Waals surface area contributed by atoms with Crippen molar-refractivity contribution in [2.75, 3.05) is 13.1 Å². The van der Waals surface area contributed by atoms with Crippen LogP contribution in [0.5, 0.6) is 0 Å². The normalized spacial score (nSPS) is 12.7. The van der Waals surface area contributed by atoms with Crippen molar-refractivity contribution in [2.24, 2.45) is 5.92 Å². The van der Waals surface area contributed by atoms with E-state index in [1.54, 1.807) is 17.4 Å². The largest absolute Gasteiger partial charge is 0.478 e. The van der Waals surface area contributed by atoms with Crippen LogP contribution in [0, 0.1) is 17.2 Å². The molecule has 1 atom stereocenters. The zero-order valence-electron chi connectivity index (χ0n) is 11.2. The fourth-order valence-electron chi connectivity index (χ4n) is 1.73. The highest BCUT2D eigenvalue weighted by atomic mass is 32.1. The molecular formula is C14H18N2O2S. The maximum absolute atomic E-state index is 10.5. The lowest BCUT2D eigenvalue weighted by molar-refractivity contribution is -0.131. The first kappa shape index (κ1) is 15.4. The number of nitrogens with zero attached hydrogens (tertiary/aromatic N) is 2. The number of carboxylic acids is 1. The Kier molecular flexibility index (Phi) is 6.26. The molecule has 1 N–H and O–H groups in total. The highest BCUT2D eigenvalue weighted by Gasteiger charge is 2.11. The van der Waals surface area contributed by atoms with Crippen molar-refractivity contribution < 1.29 is 9.90 Å². The minimum atomic E-state index is -0.942. The topological polar surface area (TPSA) is 64.3 Å². The number of carboxylic acid groups (broad SMARTS) is 1. The van der Waals surface area contributed by atoms with Crippen LogP contribution in [0.4, 0.5) is 0 Å². The van der Waals surface area contributed by atoms with E-state index in [4.69, 9.17) is 10.4 Å². The Morgan fingerprint density at radius 2 is 2.42 bits per heavy atom. The van der Waals surface area contributed by atoms with Crippen LogP contribution in [0.15, 0.2) is 17.5 Å². The Bertz CT molecular complexity index is 488. The van der Waals surface area contributed by atoms with Crippen LogP contribution in [0.1, 0.15) is 24.3 Å². The minimum absolute atomic E-state index is 0.00192. The van der Waals surface area contributed by atoms with Crippen LogP contribution in [-0.4, -0.2) is 29.1 Å². The van der Waals surface area contributed by atoms with Gasteiger partial charge in [0.15, 0.2) is 0 Å². The molecule has 0 radical (unpaired) electrons. The Hall–Kier alpha value is -1.64. The van der Waals surface area contributed by atoms with Crippen LogP contribution in [0.2, 0.25) is 0 Å². The van der Waals surface area contributed by atoms with Crippen LogP contribution < -0.4 is 0 Å². The van der Waals surface area contributed by atoms with Gasteiger partial charge in [0.05, 0.1) is 12.0 Å². The molecule has 0 aromatic carbocycles. The summed E-state index contributed by atoms with van der Waals surface area (Å²) >= 11 is 1.61. The smallest absolute Gasteiger partial charge is 0.328 e. The van der Waals surface area contributed by atoms with Gasteiger partial charge in [-0.15, -0.1) is 11.3 Å². The molecule has 0 fully saturated rings. The molecule has 1 aromatic heterocycles. The average molecular weight is 278 g/mol. The van der Waals surface area contributed by atoms with Gasteiger partial charge in [0, 0.05) is 24.0 Å². The molecule has 1 unspecified atom stereocenters. The van der Waals surface area contributed by atoms with Gasteiger partial charge in [-0.05, 0) is 36.6 Å². The SMILES string of the molecule is CCN(Cc1sccc1C=CC(=O)O)CC(C)C#N. The second-order valence-electron chi connectivity index (χ2n) is 4.33. The lowest BCUT2D eigenvalue weighted by atomic mass is 10.2. The number of thiophene rings is 1. The number of aliphatic carboxylic acids is 1.